The molecular weight excluding hydrogens is 526 g/mol. The summed E-state index contributed by atoms with van der Waals surface area (Å²) in [6, 6.07) is 36.5. The maximum Gasteiger partial charge on any atom is 0.262 e. The zero-order valence-electron chi connectivity index (χ0n) is 25.4. The maximum atomic E-state index is 13.9. The highest BCUT2D eigenvalue weighted by molar-refractivity contribution is 6.49. The number of carbonyl (C=O) groups excluding carboxylic acids is 2. The van der Waals surface area contributed by atoms with E-state index in [1.807, 2.05) is 84.9 Å². The summed E-state index contributed by atoms with van der Waals surface area (Å²) in [6.45, 7) is 2.71. The van der Waals surface area contributed by atoms with Gasteiger partial charge in [-0.3, -0.25) is 14.5 Å². The first-order valence-corrected chi connectivity index (χ1v) is 16.1. The first-order chi connectivity index (χ1) is 21.2. The summed E-state index contributed by atoms with van der Waals surface area (Å²) in [6.07, 6.45) is 12.1. The van der Waals surface area contributed by atoms with Crippen LogP contribution in [0.15, 0.2) is 109 Å². The number of unbranched alkanes of at least 4 members (excludes halogenated alkanes) is 9. The average molecular weight is 570 g/mol. The molecule has 0 N–H and O–H groups in total. The minimum Gasteiger partial charge on any atom is -0.274 e. The number of imide groups is 1. The van der Waals surface area contributed by atoms with Crippen molar-refractivity contribution in [3.8, 4) is 22.3 Å². The Morgan fingerprint density at radius 2 is 0.721 bits per heavy atom. The van der Waals surface area contributed by atoms with Gasteiger partial charge in [-0.2, -0.15) is 0 Å². The van der Waals surface area contributed by atoms with E-state index in [1.54, 1.807) is 0 Å². The predicted octanol–water partition coefficient (Wildman–Crippen LogP) is 10.2. The molecule has 4 aromatic carbocycles. The number of nitrogens with zero attached hydrogens (tertiary/aromatic N) is 1. The highest BCUT2D eigenvalue weighted by Crippen LogP contribution is 2.37. The van der Waals surface area contributed by atoms with Gasteiger partial charge in [0.1, 0.15) is 0 Å². The monoisotopic (exact) mass is 569 g/mol. The summed E-state index contributed by atoms with van der Waals surface area (Å²) in [7, 11) is 0. The van der Waals surface area contributed by atoms with Gasteiger partial charge in [0.25, 0.3) is 11.8 Å². The van der Waals surface area contributed by atoms with Crippen molar-refractivity contribution in [1.82, 2.24) is 4.90 Å². The van der Waals surface area contributed by atoms with Crippen molar-refractivity contribution in [1.29, 1.82) is 0 Å². The molecule has 0 unspecified atom stereocenters. The Morgan fingerprint density at radius 1 is 0.395 bits per heavy atom. The van der Waals surface area contributed by atoms with Crippen LogP contribution >= 0.6 is 0 Å². The normalized spacial score (nSPS) is 13.3. The Bertz CT molecular complexity index is 1400. The largest absolute Gasteiger partial charge is 0.274 e. The lowest BCUT2D eigenvalue weighted by molar-refractivity contribution is -0.136. The molecule has 3 heteroatoms. The zero-order valence-corrected chi connectivity index (χ0v) is 25.4. The molecule has 0 fully saturated rings. The van der Waals surface area contributed by atoms with E-state index in [9.17, 15) is 9.59 Å². The lowest BCUT2D eigenvalue weighted by Crippen LogP contribution is -2.32. The van der Waals surface area contributed by atoms with Crippen LogP contribution in [0.25, 0.3) is 33.4 Å². The molecule has 1 heterocycles. The van der Waals surface area contributed by atoms with E-state index >= 15 is 0 Å². The predicted molar refractivity (Wildman–Crippen MR) is 179 cm³/mol. The van der Waals surface area contributed by atoms with Crippen LogP contribution in [-0.2, 0) is 9.59 Å². The van der Waals surface area contributed by atoms with Crippen molar-refractivity contribution < 1.29 is 9.59 Å². The molecule has 43 heavy (non-hydrogen) atoms. The maximum absolute atomic E-state index is 13.9. The SMILES string of the molecule is CCCCCCCCCCCCN1C(=O)C(c2ccc(-c3ccccc3)cc2)=C(c2ccc(-c3ccccc3)cc2)C1=O. The van der Waals surface area contributed by atoms with Gasteiger partial charge in [0, 0.05) is 6.54 Å². The molecule has 2 amide bonds. The third kappa shape index (κ3) is 7.59. The number of carbonyl (C=O) groups is 2. The summed E-state index contributed by atoms with van der Waals surface area (Å²) in [5.74, 6) is -0.369. The van der Waals surface area contributed by atoms with E-state index in [4.69, 9.17) is 0 Å². The van der Waals surface area contributed by atoms with E-state index in [-0.39, 0.29) is 11.8 Å². The van der Waals surface area contributed by atoms with Crippen LogP contribution in [0.3, 0.4) is 0 Å². The number of hydrogen-bond acceptors (Lipinski definition) is 2. The van der Waals surface area contributed by atoms with Crippen molar-refractivity contribution in [3.05, 3.63) is 120 Å². The first kappa shape index (κ1) is 30.2. The highest BCUT2D eigenvalue weighted by atomic mass is 16.2. The van der Waals surface area contributed by atoms with Crippen LogP contribution in [0, 0.1) is 0 Å². The van der Waals surface area contributed by atoms with E-state index in [1.165, 1.54) is 49.8 Å². The molecule has 4 aromatic rings. The smallest absolute Gasteiger partial charge is 0.262 e. The second kappa shape index (κ2) is 15.3. The molecule has 0 spiro atoms. The van der Waals surface area contributed by atoms with Crippen LogP contribution < -0.4 is 0 Å². The Hall–Kier alpha value is -4.24. The lowest BCUT2D eigenvalue weighted by Gasteiger charge is -2.15. The standard InChI is InChI=1S/C40H43NO2/c1-2-3-4-5-6-7-8-9-10-17-30-41-39(42)37(35-26-22-33(23-27-35)31-18-13-11-14-19-31)38(40(41)43)36-28-24-34(25-29-36)32-20-15-12-16-21-32/h11-16,18-29H,2-10,17,30H2,1H3. The number of hydrogen-bond donors (Lipinski definition) is 0. The fraction of sp³-hybridized carbons (Fsp3) is 0.300. The van der Waals surface area contributed by atoms with Crippen LogP contribution in [0.5, 0.6) is 0 Å². The molecule has 0 atom stereocenters. The van der Waals surface area contributed by atoms with Gasteiger partial charge >= 0.3 is 0 Å². The van der Waals surface area contributed by atoms with Gasteiger partial charge < -0.3 is 0 Å². The van der Waals surface area contributed by atoms with E-state index in [2.05, 4.69) is 31.2 Å². The quantitative estimate of drug-likeness (QED) is 0.105. The van der Waals surface area contributed by atoms with Crippen LogP contribution in [-0.4, -0.2) is 23.3 Å². The van der Waals surface area contributed by atoms with Gasteiger partial charge in [-0.05, 0) is 39.8 Å². The summed E-state index contributed by atoms with van der Waals surface area (Å²) in [5.41, 5.74) is 6.98. The van der Waals surface area contributed by atoms with Gasteiger partial charge in [0.05, 0.1) is 11.1 Å². The van der Waals surface area contributed by atoms with Gasteiger partial charge in [-0.1, -0.05) is 174 Å². The molecule has 0 bridgehead atoms. The van der Waals surface area contributed by atoms with E-state index < -0.39 is 0 Å². The second-order valence-electron chi connectivity index (χ2n) is 11.6. The van der Waals surface area contributed by atoms with Crippen LogP contribution in [0.1, 0.15) is 82.3 Å². The second-order valence-corrected chi connectivity index (χ2v) is 11.6. The Morgan fingerprint density at radius 3 is 1.12 bits per heavy atom. The molecule has 3 nitrogen and oxygen atoms in total. The van der Waals surface area contributed by atoms with Crippen molar-refractivity contribution in [2.75, 3.05) is 6.54 Å². The van der Waals surface area contributed by atoms with Crippen molar-refractivity contribution in [3.63, 3.8) is 0 Å². The molecule has 0 aliphatic carbocycles. The summed E-state index contributed by atoms with van der Waals surface area (Å²) >= 11 is 0. The molecule has 0 aromatic heterocycles. The summed E-state index contributed by atoms with van der Waals surface area (Å²) < 4.78 is 0. The third-order valence-corrected chi connectivity index (χ3v) is 8.46. The molecule has 5 rings (SSSR count). The minimum absolute atomic E-state index is 0.185. The number of amides is 2. The van der Waals surface area contributed by atoms with Crippen molar-refractivity contribution >= 4 is 23.0 Å². The van der Waals surface area contributed by atoms with Gasteiger partial charge in [0.2, 0.25) is 0 Å². The minimum atomic E-state index is -0.185. The van der Waals surface area contributed by atoms with Crippen LogP contribution in [0.2, 0.25) is 0 Å². The lowest BCUT2D eigenvalue weighted by atomic mass is 9.93. The fourth-order valence-electron chi connectivity index (χ4n) is 5.99. The Balaban J connectivity index is 1.32. The van der Waals surface area contributed by atoms with Crippen molar-refractivity contribution in [2.45, 2.75) is 71.1 Å². The van der Waals surface area contributed by atoms with Crippen LogP contribution in [0.4, 0.5) is 0 Å². The zero-order chi connectivity index (χ0) is 29.9. The summed E-state index contributed by atoms with van der Waals surface area (Å²) in [4.78, 5) is 29.2. The van der Waals surface area contributed by atoms with Gasteiger partial charge in [-0.15, -0.1) is 0 Å². The molecule has 220 valence electrons. The molecule has 1 aliphatic heterocycles. The number of rotatable bonds is 15. The molecule has 0 saturated heterocycles. The number of benzene rings is 4. The third-order valence-electron chi connectivity index (χ3n) is 8.46. The van der Waals surface area contributed by atoms with Gasteiger partial charge in [-0.25, -0.2) is 0 Å². The molecular formula is C40H43NO2. The van der Waals surface area contributed by atoms with Crippen molar-refractivity contribution in [2.24, 2.45) is 0 Å². The fourth-order valence-corrected chi connectivity index (χ4v) is 5.99. The Labute approximate surface area is 257 Å². The topological polar surface area (TPSA) is 37.4 Å². The van der Waals surface area contributed by atoms with Gasteiger partial charge in [0.15, 0.2) is 0 Å². The Kier molecular flexibility index (Phi) is 10.8. The van der Waals surface area contributed by atoms with E-state index in [0.29, 0.717) is 17.7 Å². The first-order valence-electron chi connectivity index (χ1n) is 16.1. The molecule has 0 saturated carbocycles. The molecule has 0 radical (unpaired) electrons. The highest BCUT2D eigenvalue weighted by Gasteiger charge is 2.39. The van der Waals surface area contributed by atoms with E-state index in [0.717, 1.165) is 52.6 Å². The average Bonchev–Trinajstić information content (AvgIpc) is 3.31. The summed E-state index contributed by atoms with van der Waals surface area (Å²) in [5, 5.41) is 0. The molecule has 1 aliphatic rings.